The molecule has 5 heteroatoms. The summed E-state index contributed by atoms with van der Waals surface area (Å²) in [6, 6.07) is 23.2. The van der Waals surface area contributed by atoms with Gasteiger partial charge >= 0.3 is 0 Å². The lowest BCUT2D eigenvalue weighted by molar-refractivity contribution is 0.415. The van der Waals surface area contributed by atoms with Crippen molar-refractivity contribution < 1.29 is 9.47 Å². The van der Waals surface area contributed by atoms with Crippen LogP contribution in [-0.4, -0.2) is 17.1 Å². The number of fused-ring (bicyclic) bond motifs is 1. The van der Waals surface area contributed by atoms with E-state index < -0.39 is 0 Å². The van der Waals surface area contributed by atoms with Crippen LogP contribution in [0.2, 0.25) is 0 Å². The summed E-state index contributed by atoms with van der Waals surface area (Å²) in [5, 5.41) is 4.26. The Hall–Kier alpha value is -3.60. The van der Waals surface area contributed by atoms with Crippen molar-refractivity contribution in [2.45, 2.75) is 0 Å². The van der Waals surface area contributed by atoms with Gasteiger partial charge in [-0.25, -0.2) is 9.97 Å². The molecule has 4 aromatic rings. The van der Waals surface area contributed by atoms with E-state index in [1.807, 2.05) is 72.8 Å². The van der Waals surface area contributed by atoms with Crippen LogP contribution in [0, 0.1) is 0 Å². The molecule has 0 aliphatic carbocycles. The molecule has 5 nitrogen and oxygen atoms in total. The van der Waals surface area contributed by atoms with E-state index in [-0.39, 0.29) is 0 Å². The van der Waals surface area contributed by atoms with Crippen LogP contribution < -0.4 is 14.8 Å². The van der Waals surface area contributed by atoms with Gasteiger partial charge in [0.05, 0.1) is 12.6 Å². The quantitative estimate of drug-likeness (QED) is 0.541. The lowest BCUT2D eigenvalue weighted by Gasteiger charge is -2.10. The normalized spacial score (nSPS) is 10.5. The van der Waals surface area contributed by atoms with Crippen LogP contribution in [0.1, 0.15) is 0 Å². The smallest absolute Gasteiger partial charge is 0.141 e. The minimum atomic E-state index is 0.745. The number of methoxy groups -OCH3 is 1. The fraction of sp³-hybridized carbons (Fsp3) is 0.0476. The highest BCUT2D eigenvalue weighted by molar-refractivity contribution is 5.91. The number of rotatable bonds is 5. The Morgan fingerprint density at radius 2 is 1.50 bits per heavy atom. The molecule has 0 saturated heterocycles. The van der Waals surface area contributed by atoms with Gasteiger partial charge in [0.25, 0.3) is 0 Å². The third kappa shape index (κ3) is 3.42. The van der Waals surface area contributed by atoms with Gasteiger partial charge in [-0.2, -0.15) is 0 Å². The van der Waals surface area contributed by atoms with E-state index in [2.05, 4.69) is 15.3 Å². The van der Waals surface area contributed by atoms with Crippen LogP contribution >= 0.6 is 0 Å². The molecule has 128 valence electrons. The van der Waals surface area contributed by atoms with Gasteiger partial charge < -0.3 is 14.8 Å². The standard InChI is InChI=1S/C21H17N3O2/c1-25-18-11-12-19-20(13-18)22-14-23-21(19)24-15-7-9-17(10-8-15)26-16-5-3-2-4-6-16/h2-14H,1H3,(H,22,23,24). The van der Waals surface area contributed by atoms with E-state index >= 15 is 0 Å². The number of para-hydroxylation sites is 1. The van der Waals surface area contributed by atoms with E-state index in [4.69, 9.17) is 9.47 Å². The van der Waals surface area contributed by atoms with Gasteiger partial charge in [-0.15, -0.1) is 0 Å². The minimum Gasteiger partial charge on any atom is -0.497 e. The largest absolute Gasteiger partial charge is 0.497 e. The molecule has 0 aliphatic rings. The Balaban J connectivity index is 1.55. The Bertz CT molecular complexity index is 1020. The van der Waals surface area contributed by atoms with Gasteiger partial charge in [-0.05, 0) is 48.5 Å². The molecule has 0 bridgehead atoms. The van der Waals surface area contributed by atoms with E-state index in [1.54, 1.807) is 7.11 Å². The van der Waals surface area contributed by atoms with Crippen molar-refractivity contribution in [1.29, 1.82) is 0 Å². The second kappa shape index (κ2) is 7.11. The van der Waals surface area contributed by atoms with Gasteiger partial charge in [0.1, 0.15) is 29.4 Å². The molecule has 4 rings (SSSR count). The predicted octanol–water partition coefficient (Wildman–Crippen LogP) is 5.17. The van der Waals surface area contributed by atoms with Crippen molar-refractivity contribution >= 4 is 22.4 Å². The van der Waals surface area contributed by atoms with Crippen LogP contribution in [0.15, 0.2) is 79.1 Å². The summed E-state index contributed by atoms with van der Waals surface area (Å²) in [4.78, 5) is 8.66. The third-order valence-corrected chi connectivity index (χ3v) is 3.94. The van der Waals surface area contributed by atoms with Gasteiger partial charge in [0, 0.05) is 17.1 Å². The number of ether oxygens (including phenoxy) is 2. The van der Waals surface area contributed by atoms with Crippen LogP contribution in [0.5, 0.6) is 17.2 Å². The van der Waals surface area contributed by atoms with Crippen LogP contribution in [0.25, 0.3) is 10.9 Å². The Labute approximate surface area is 151 Å². The van der Waals surface area contributed by atoms with Crippen molar-refractivity contribution in [3.63, 3.8) is 0 Å². The summed E-state index contributed by atoms with van der Waals surface area (Å²) < 4.78 is 11.1. The fourth-order valence-corrected chi connectivity index (χ4v) is 2.63. The zero-order valence-corrected chi connectivity index (χ0v) is 14.2. The van der Waals surface area contributed by atoms with Gasteiger partial charge in [-0.1, -0.05) is 18.2 Å². The minimum absolute atomic E-state index is 0.745. The molecular weight excluding hydrogens is 326 g/mol. The summed E-state index contributed by atoms with van der Waals surface area (Å²) in [6.07, 6.45) is 1.54. The number of hydrogen-bond acceptors (Lipinski definition) is 5. The predicted molar refractivity (Wildman–Crippen MR) is 102 cm³/mol. The topological polar surface area (TPSA) is 56.3 Å². The van der Waals surface area contributed by atoms with E-state index in [9.17, 15) is 0 Å². The van der Waals surface area contributed by atoms with Gasteiger partial charge in [0.15, 0.2) is 0 Å². The number of hydrogen-bond donors (Lipinski definition) is 1. The van der Waals surface area contributed by atoms with Crippen LogP contribution in [-0.2, 0) is 0 Å². The highest BCUT2D eigenvalue weighted by Gasteiger charge is 2.06. The Kier molecular flexibility index (Phi) is 4.35. The first kappa shape index (κ1) is 15.9. The highest BCUT2D eigenvalue weighted by atomic mass is 16.5. The molecule has 0 saturated carbocycles. The first-order valence-electron chi connectivity index (χ1n) is 8.20. The number of nitrogens with zero attached hydrogens (tertiary/aromatic N) is 2. The lowest BCUT2D eigenvalue weighted by Crippen LogP contribution is -1.96. The molecule has 0 fully saturated rings. The molecule has 1 N–H and O–H groups in total. The molecule has 0 aliphatic heterocycles. The van der Waals surface area contributed by atoms with Gasteiger partial charge in [0.2, 0.25) is 0 Å². The summed E-state index contributed by atoms with van der Waals surface area (Å²) in [6.45, 7) is 0. The number of aromatic nitrogens is 2. The maximum absolute atomic E-state index is 5.81. The number of benzene rings is 3. The molecule has 0 unspecified atom stereocenters. The molecule has 0 atom stereocenters. The van der Waals surface area contributed by atoms with E-state index in [0.717, 1.165) is 39.7 Å². The second-order valence-electron chi connectivity index (χ2n) is 5.67. The summed E-state index contributed by atoms with van der Waals surface area (Å²) >= 11 is 0. The highest BCUT2D eigenvalue weighted by Crippen LogP contribution is 2.28. The second-order valence-corrected chi connectivity index (χ2v) is 5.67. The summed E-state index contributed by atoms with van der Waals surface area (Å²) in [5.74, 6) is 3.10. The molecule has 3 aromatic carbocycles. The van der Waals surface area contributed by atoms with E-state index in [0.29, 0.717) is 0 Å². The summed E-state index contributed by atoms with van der Waals surface area (Å²) in [5.41, 5.74) is 1.74. The average molecular weight is 343 g/mol. The average Bonchev–Trinajstić information content (AvgIpc) is 2.70. The maximum atomic E-state index is 5.81. The molecule has 0 amide bonds. The van der Waals surface area contributed by atoms with Crippen molar-refractivity contribution in [1.82, 2.24) is 9.97 Å². The molecular formula is C21H17N3O2. The zero-order valence-electron chi connectivity index (χ0n) is 14.2. The molecule has 26 heavy (non-hydrogen) atoms. The summed E-state index contributed by atoms with van der Waals surface area (Å²) in [7, 11) is 1.64. The van der Waals surface area contributed by atoms with Crippen molar-refractivity contribution in [3.8, 4) is 17.2 Å². The zero-order chi connectivity index (χ0) is 17.8. The van der Waals surface area contributed by atoms with Gasteiger partial charge in [-0.3, -0.25) is 0 Å². The molecule has 1 aromatic heterocycles. The first-order valence-corrected chi connectivity index (χ1v) is 8.20. The van der Waals surface area contributed by atoms with E-state index in [1.165, 1.54) is 6.33 Å². The molecule has 0 radical (unpaired) electrons. The SMILES string of the molecule is COc1ccc2c(Nc3ccc(Oc4ccccc4)cc3)ncnc2c1. The molecule has 0 spiro atoms. The number of nitrogens with one attached hydrogen (secondary N) is 1. The Morgan fingerprint density at radius 1 is 0.769 bits per heavy atom. The van der Waals surface area contributed by atoms with Crippen molar-refractivity contribution in [3.05, 3.63) is 79.1 Å². The first-order chi connectivity index (χ1) is 12.8. The monoisotopic (exact) mass is 343 g/mol. The number of anilines is 2. The Morgan fingerprint density at radius 3 is 2.27 bits per heavy atom. The van der Waals surface area contributed by atoms with Crippen molar-refractivity contribution in [2.75, 3.05) is 12.4 Å². The third-order valence-electron chi connectivity index (χ3n) is 3.94. The lowest BCUT2D eigenvalue weighted by atomic mass is 10.2. The van der Waals surface area contributed by atoms with Crippen molar-refractivity contribution in [2.24, 2.45) is 0 Å². The fourth-order valence-electron chi connectivity index (χ4n) is 2.63. The van der Waals surface area contributed by atoms with Crippen LogP contribution in [0.3, 0.4) is 0 Å². The van der Waals surface area contributed by atoms with Crippen LogP contribution in [0.4, 0.5) is 11.5 Å². The maximum Gasteiger partial charge on any atom is 0.141 e. The molecule has 1 heterocycles.